The molecule has 0 aromatic heterocycles. The first-order chi connectivity index (χ1) is 8.67. The van der Waals surface area contributed by atoms with Gasteiger partial charge in [-0.2, -0.15) is 0 Å². The molecule has 18 heavy (non-hydrogen) atoms. The van der Waals surface area contributed by atoms with Crippen molar-refractivity contribution in [2.45, 2.75) is 13.5 Å². The number of halogens is 1. The van der Waals surface area contributed by atoms with E-state index >= 15 is 0 Å². The Balaban J connectivity index is 2.45. The van der Waals surface area contributed by atoms with Crippen LogP contribution >= 0.6 is 0 Å². The quantitative estimate of drug-likeness (QED) is 0.376. The SMILES string of the molecule is C/C=C(/OC)C(=O)NC=NCc1cccc(F)c1. The molecule has 0 aliphatic carbocycles. The fraction of sp³-hybridized carbons (Fsp3) is 0.231. The topological polar surface area (TPSA) is 50.7 Å². The summed E-state index contributed by atoms with van der Waals surface area (Å²) >= 11 is 0. The number of benzene rings is 1. The molecule has 0 spiro atoms. The second kappa shape index (κ2) is 7.21. The van der Waals surface area contributed by atoms with Crippen molar-refractivity contribution in [3.8, 4) is 0 Å². The normalized spacial score (nSPS) is 11.6. The number of carbonyl (C=O) groups is 1. The van der Waals surface area contributed by atoms with Crippen molar-refractivity contribution in [3.05, 3.63) is 47.5 Å². The third-order valence-corrected chi connectivity index (χ3v) is 2.16. The highest BCUT2D eigenvalue weighted by Gasteiger charge is 2.05. The first-order valence-electron chi connectivity index (χ1n) is 5.41. The molecule has 4 nitrogen and oxygen atoms in total. The number of rotatable bonds is 5. The standard InChI is InChI=1S/C13H15FN2O2/c1-3-12(18-2)13(17)16-9-15-8-10-5-4-6-11(14)7-10/h3-7,9H,8H2,1-2H3,(H,15,16,17)/b12-3+. The van der Waals surface area contributed by atoms with Gasteiger partial charge in [-0.15, -0.1) is 0 Å². The van der Waals surface area contributed by atoms with Gasteiger partial charge in [-0.1, -0.05) is 12.1 Å². The van der Waals surface area contributed by atoms with E-state index in [0.717, 1.165) is 5.56 Å². The van der Waals surface area contributed by atoms with Crippen LogP contribution < -0.4 is 5.32 Å². The van der Waals surface area contributed by atoms with Crippen molar-refractivity contribution in [2.75, 3.05) is 7.11 Å². The lowest BCUT2D eigenvalue weighted by Gasteiger charge is -2.02. The van der Waals surface area contributed by atoms with Crippen molar-refractivity contribution in [2.24, 2.45) is 4.99 Å². The largest absolute Gasteiger partial charge is 0.491 e. The van der Waals surface area contributed by atoms with E-state index < -0.39 is 0 Å². The number of aliphatic imine (C=N–C) groups is 1. The van der Waals surface area contributed by atoms with Crippen LogP contribution in [0, 0.1) is 5.82 Å². The Morgan fingerprint density at radius 3 is 2.94 bits per heavy atom. The average molecular weight is 250 g/mol. The minimum absolute atomic E-state index is 0.215. The number of carbonyl (C=O) groups excluding carboxylic acids is 1. The number of nitrogens with one attached hydrogen (secondary N) is 1. The number of allylic oxidation sites excluding steroid dienone is 1. The van der Waals surface area contributed by atoms with Gasteiger partial charge in [0.1, 0.15) is 5.82 Å². The average Bonchev–Trinajstić information content (AvgIpc) is 2.36. The molecule has 0 saturated carbocycles. The molecule has 1 N–H and O–H groups in total. The molecule has 0 heterocycles. The van der Waals surface area contributed by atoms with Gasteiger partial charge in [0, 0.05) is 0 Å². The number of amides is 1. The number of hydrogen-bond donors (Lipinski definition) is 1. The molecule has 0 bridgehead atoms. The molecule has 1 aromatic carbocycles. The fourth-order valence-electron chi connectivity index (χ4n) is 1.30. The summed E-state index contributed by atoms with van der Waals surface area (Å²) in [7, 11) is 1.42. The summed E-state index contributed by atoms with van der Waals surface area (Å²) in [6.07, 6.45) is 2.82. The van der Waals surface area contributed by atoms with E-state index in [0.29, 0.717) is 6.54 Å². The summed E-state index contributed by atoms with van der Waals surface area (Å²) < 4.78 is 17.7. The summed E-state index contributed by atoms with van der Waals surface area (Å²) in [5.41, 5.74) is 0.735. The van der Waals surface area contributed by atoms with Gasteiger partial charge >= 0.3 is 0 Å². The molecule has 5 heteroatoms. The van der Waals surface area contributed by atoms with Crippen LogP contribution in [0.5, 0.6) is 0 Å². The number of ether oxygens (including phenoxy) is 1. The van der Waals surface area contributed by atoms with Crippen LogP contribution in [0.1, 0.15) is 12.5 Å². The Morgan fingerprint density at radius 2 is 2.33 bits per heavy atom. The highest BCUT2D eigenvalue weighted by Crippen LogP contribution is 2.04. The van der Waals surface area contributed by atoms with Gasteiger partial charge in [0.2, 0.25) is 0 Å². The molecule has 1 amide bonds. The molecule has 0 radical (unpaired) electrons. The number of nitrogens with zero attached hydrogens (tertiary/aromatic N) is 1. The van der Waals surface area contributed by atoms with Crippen molar-refractivity contribution in [3.63, 3.8) is 0 Å². The molecule has 0 saturated heterocycles. The zero-order valence-electron chi connectivity index (χ0n) is 10.3. The van der Waals surface area contributed by atoms with E-state index in [1.807, 2.05) is 0 Å². The van der Waals surface area contributed by atoms with Gasteiger partial charge in [0.05, 0.1) is 20.0 Å². The second-order valence-corrected chi connectivity index (χ2v) is 3.43. The maximum absolute atomic E-state index is 12.9. The Hall–Kier alpha value is -2.17. The second-order valence-electron chi connectivity index (χ2n) is 3.43. The maximum Gasteiger partial charge on any atom is 0.291 e. The highest BCUT2D eigenvalue weighted by atomic mass is 19.1. The van der Waals surface area contributed by atoms with E-state index in [4.69, 9.17) is 4.74 Å². The zero-order chi connectivity index (χ0) is 13.4. The molecule has 0 unspecified atom stereocenters. The minimum atomic E-state index is -0.372. The smallest absolute Gasteiger partial charge is 0.291 e. The predicted octanol–water partition coefficient (Wildman–Crippen LogP) is 2.02. The lowest BCUT2D eigenvalue weighted by molar-refractivity contribution is -0.118. The highest BCUT2D eigenvalue weighted by molar-refractivity contribution is 5.98. The molecule has 0 aliphatic rings. The van der Waals surface area contributed by atoms with Crippen LogP contribution in [0.2, 0.25) is 0 Å². The van der Waals surface area contributed by atoms with Crippen molar-refractivity contribution < 1.29 is 13.9 Å². The summed E-state index contributed by atoms with van der Waals surface area (Å²) in [6.45, 7) is 2.00. The summed E-state index contributed by atoms with van der Waals surface area (Å²) in [6, 6.07) is 6.13. The lowest BCUT2D eigenvalue weighted by atomic mass is 10.2. The van der Waals surface area contributed by atoms with Crippen LogP contribution in [-0.2, 0) is 16.1 Å². The fourth-order valence-corrected chi connectivity index (χ4v) is 1.30. The molecule has 1 rings (SSSR count). The van der Waals surface area contributed by atoms with Crippen molar-refractivity contribution in [1.82, 2.24) is 5.32 Å². The molecular formula is C13H15FN2O2. The first-order valence-corrected chi connectivity index (χ1v) is 5.41. The van der Waals surface area contributed by atoms with E-state index in [-0.39, 0.29) is 17.5 Å². The van der Waals surface area contributed by atoms with Gasteiger partial charge in [-0.3, -0.25) is 9.79 Å². The molecule has 0 fully saturated rings. The summed E-state index contributed by atoms with van der Waals surface area (Å²) in [5, 5.41) is 2.45. The zero-order valence-corrected chi connectivity index (χ0v) is 10.3. The van der Waals surface area contributed by atoms with Crippen LogP contribution in [0.15, 0.2) is 41.1 Å². The Kier molecular flexibility index (Phi) is 5.57. The van der Waals surface area contributed by atoms with E-state index in [1.165, 1.54) is 25.6 Å². The molecular weight excluding hydrogens is 235 g/mol. The molecule has 0 aliphatic heterocycles. The van der Waals surface area contributed by atoms with Gasteiger partial charge in [-0.05, 0) is 30.7 Å². The minimum Gasteiger partial charge on any atom is -0.491 e. The summed E-state index contributed by atoms with van der Waals surface area (Å²) in [4.78, 5) is 15.4. The van der Waals surface area contributed by atoms with Crippen LogP contribution in [0.4, 0.5) is 4.39 Å². The van der Waals surface area contributed by atoms with Gasteiger partial charge in [0.25, 0.3) is 5.91 Å². The first kappa shape index (κ1) is 13.9. The van der Waals surface area contributed by atoms with Crippen LogP contribution in [0.25, 0.3) is 0 Å². The van der Waals surface area contributed by atoms with Crippen LogP contribution in [-0.4, -0.2) is 19.4 Å². The predicted molar refractivity (Wildman–Crippen MR) is 67.5 cm³/mol. The molecule has 0 atom stereocenters. The Labute approximate surface area is 105 Å². The monoisotopic (exact) mass is 250 g/mol. The number of methoxy groups -OCH3 is 1. The summed E-state index contributed by atoms with van der Waals surface area (Å²) in [5.74, 6) is -0.461. The Bertz CT molecular complexity index is 470. The van der Waals surface area contributed by atoms with E-state index in [2.05, 4.69) is 10.3 Å². The Morgan fingerprint density at radius 1 is 1.56 bits per heavy atom. The van der Waals surface area contributed by atoms with Crippen LogP contribution in [0.3, 0.4) is 0 Å². The van der Waals surface area contributed by atoms with Gasteiger partial charge in [-0.25, -0.2) is 4.39 Å². The van der Waals surface area contributed by atoms with E-state index in [1.54, 1.807) is 25.1 Å². The third kappa shape index (κ3) is 4.37. The van der Waals surface area contributed by atoms with Gasteiger partial charge < -0.3 is 10.1 Å². The number of hydrogen-bond acceptors (Lipinski definition) is 3. The van der Waals surface area contributed by atoms with Gasteiger partial charge in [0.15, 0.2) is 5.76 Å². The maximum atomic E-state index is 12.9. The van der Waals surface area contributed by atoms with Crippen molar-refractivity contribution in [1.29, 1.82) is 0 Å². The van der Waals surface area contributed by atoms with E-state index in [9.17, 15) is 9.18 Å². The van der Waals surface area contributed by atoms with Crippen molar-refractivity contribution >= 4 is 12.2 Å². The molecule has 96 valence electrons. The lowest BCUT2D eigenvalue weighted by Crippen LogP contribution is -2.24. The third-order valence-electron chi connectivity index (χ3n) is 2.16. The molecule has 1 aromatic rings.